The standard InChI is InChI=1S/C7H7BrO3Se/c1-11-12(9,10)7-4-2-6(8)3-5-7/h2-5H,1H3. The van der Waals surface area contributed by atoms with Gasteiger partial charge in [0.15, 0.2) is 0 Å². The molecule has 0 saturated heterocycles. The van der Waals surface area contributed by atoms with Crippen LogP contribution in [0.15, 0.2) is 28.7 Å². The first-order chi connectivity index (χ1) is 5.56. The molecule has 0 saturated carbocycles. The van der Waals surface area contributed by atoms with Crippen molar-refractivity contribution in [1.29, 1.82) is 0 Å². The average Bonchev–Trinajstić information content (AvgIpc) is 2.05. The number of rotatable bonds is 2. The zero-order valence-electron chi connectivity index (χ0n) is 6.32. The van der Waals surface area contributed by atoms with Crippen molar-refractivity contribution in [2.24, 2.45) is 0 Å². The Morgan fingerprint density at radius 3 is 2.17 bits per heavy atom. The van der Waals surface area contributed by atoms with Crippen molar-refractivity contribution >= 4 is 33.4 Å². The quantitative estimate of drug-likeness (QED) is 0.768. The Balaban J connectivity index is 3.14. The summed E-state index contributed by atoms with van der Waals surface area (Å²) in [6.07, 6.45) is 0. The van der Waals surface area contributed by atoms with Crippen molar-refractivity contribution in [3.63, 3.8) is 0 Å². The second kappa shape index (κ2) is 3.66. The summed E-state index contributed by atoms with van der Waals surface area (Å²) in [4.78, 5) is 0. The van der Waals surface area contributed by atoms with Crippen LogP contribution in [0.25, 0.3) is 0 Å². The molecule has 0 heterocycles. The van der Waals surface area contributed by atoms with Gasteiger partial charge in [-0.15, -0.1) is 0 Å². The van der Waals surface area contributed by atoms with Crippen molar-refractivity contribution in [2.45, 2.75) is 0 Å². The molecule has 0 bridgehead atoms. The van der Waals surface area contributed by atoms with E-state index < -0.39 is 13.0 Å². The normalized spacial score (nSPS) is 11.5. The fraction of sp³-hybridized carbons (Fsp3) is 0.143. The molecule has 12 heavy (non-hydrogen) atoms. The molecule has 0 N–H and O–H groups in total. The molecular weight excluding hydrogens is 291 g/mol. The summed E-state index contributed by atoms with van der Waals surface area (Å²) in [6.45, 7) is 0. The maximum absolute atomic E-state index is 11.1. The predicted molar refractivity (Wildman–Crippen MR) is 47.9 cm³/mol. The van der Waals surface area contributed by atoms with Gasteiger partial charge in [-0.2, -0.15) is 0 Å². The van der Waals surface area contributed by atoms with Crippen molar-refractivity contribution in [2.75, 3.05) is 7.11 Å². The van der Waals surface area contributed by atoms with Crippen molar-refractivity contribution < 1.29 is 11.5 Å². The Kier molecular flexibility index (Phi) is 3.01. The van der Waals surface area contributed by atoms with E-state index in [1.54, 1.807) is 12.1 Å². The molecule has 5 heteroatoms. The monoisotopic (exact) mass is 298 g/mol. The molecule has 1 rings (SSSR count). The summed E-state index contributed by atoms with van der Waals surface area (Å²) in [6, 6.07) is 6.34. The van der Waals surface area contributed by atoms with Gasteiger partial charge in [-0.05, 0) is 0 Å². The Morgan fingerprint density at radius 1 is 1.25 bits per heavy atom. The molecule has 0 unspecified atom stereocenters. The van der Waals surface area contributed by atoms with Crippen molar-refractivity contribution in [1.82, 2.24) is 0 Å². The molecule has 1 aromatic carbocycles. The third kappa shape index (κ3) is 2.14. The SMILES string of the molecule is CO[Se](=O)(=O)c1ccc(Br)cc1. The van der Waals surface area contributed by atoms with Crippen LogP contribution < -0.4 is 4.46 Å². The third-order valence-corrected chi connectivity index (χ3v) is 4.55. The topological polar surface area (TPSA) is 43.4 Å². The molecule has 0 fully saturated rings. The molecule has 0 atom stereocenters. The van der Waals surface area contributed by atoms with Gasteiger partial charge in [0.25, 0.3) is 0 Å². The zero-order chi connectivity index (χ0) is 9.19. The molecule has 0 aliphatic rings. The minimum absolute atomic E-state index is 0.233. The summed E-state index contributed by atoms with van der Waals surface area (Å²) in [7, 11) is 1.17. The van der Waals surface area contributed by atoms with E-state index in [1.165, 1.54) is 19.2 Å². The zero-order valence-corrected chi connectivity index (χ0v) is 9.62. The van der Waals surface area contributed by atoms with Crippen LogP contribution in [-0.2, 0) is 11.5 Å². The Bertz CT molecular complexity index is 355. The second-order valence-electron chi connectivity index (χ2n) is 2.07. The minimum atomic E-state index is -4.27. The molecule has 0 radical (unpaired) electrons. The molecule has 0 amide bonds. The molecule has 0 aliphatic heterocycles. The molecule has 0 aromatic heterocycles. The Hall–Kier alpha value is -0.221. The molecule has 1 aromatic rings. The Labute approximate surface area is 80.8 Å². The predicted octanol–water partition coefficient (Wildman–Crippen LogP) is 1.10. The fourth-order valence-corrected chi connectivity index (χ4v) is 2.35. The molecular formula is C7H7BrO3Se. The number of hydrogen-bond acceptors (Lipinski definition) is 3. The third-order valence-electron chi connectivity index (χ3n) is 1.32. The van der Waals surface area contributed by atoms with Crippen LogP contribution in [0.1, 0.15) is 0 Å². The molecule has 0 aliphatic carbocycles. The van der Waals surface area contributed by atoms with E-state index in [-0.39, 0.29) is 4.46 Å². The number of hydrogen-bond donors (Lipinski definition) is 0. The van der Waals surface area contributed by atoms with E-state index in [0.717, 1.165) is 4.47 Å². The van der Waals surface area contributed by atoms with E-state index in [2.05, 4.69) is 19.7 Å². The van der Waals surface area contributed by atoms with E-state index in [1.807, 2.05) is 0 Å². The van der Waals surface area contributed by atoms with E-state index in [4.69, 9.17) is 0 Å². The average molecular weight is 298 g/mol. The Morgan fingerprint density at radius 2 is 1.75 bits per heavy atom. The molecule has 0 spiro atoms. The van der Waals surface area contributed by atoms with Gasteiger partial charge in [-0.3, -0.25) is 0 Å². The summed E-state index contributed by atoms with van der Waals surface area (Å²) >= 11 is -1.07. The van der Waals surface area contributed by atoms with Gasteiger partial charge in [-0.25, -0.2) is 0 Å². The van der Waals surface area contributed by atoms with Gasteiger partial charge in [0.2, 0.25) is 0 Å². The van der Waals surface area contributed by atoms with Crippen LogP contribution in [-0.4, -0.2) is 20.1 Å². The number of benzene rings is 1. The van der Waals surface area contributed by atoms with Crippen LogP contribution in [0, 0.1) is 0 Å². The van der Waals surface area contributed by atoms with Gasteiger partial charge in [0, 0.05) is 0 Å². The van der Waals surface area contributed by atoms with Crippen LogP contribution in [0.4, 0.5) is 0 Å². The first-order valence-electron chi connectivity index (χ1n) is 3.12. The first kappa shape index (κ1) is 9.86. The van der Waals surface area contributed by atoms with Gasteiger partial charge in [-0.1, -0.05) is 0 Å². The van der Waals surface area contributed by atoms with E-state index in [0.29, 0.717) is 0 Å². The van der Waals surface area contributed by atoms with Crippen LogP contribution in [0.5, 0.6) is 0 Å². The van der Waals surface area contributed by atoms with Crippen molar-refractivity contribution in [3.8, 4) is 0 Å². The molecule has 3 nitrogen and oxygen atoms in total. The van der Waals surface area contributed by atoms with Crippen LogP contribution in [0.3, 0.4) is 0 Å². The van der Waals surface area contributed by atoms with E-state index >= 15 is 0 Å². The fourth-order valence-electron chi connectivity index (χ4n) is 0.697. The van der Waals surface area contributed by atoms with Crippen molar-refractivity contribution in [3.05, 3.63) is 28.7 Å². The maximum atomic E-state index is 11.1. The van der Waals surface area contributed by atoms with Gasteiger partial charge in [0.1, 0.15) is 0 Å². The van der Waals surface area contributed by atoms with E-state index in [9.17, 15) is 7.67 Å². The number of halogens is 1. The summed E-state index contributed by atoms with van der Waals surface area (Å²) < 4.78 is 27.8. The summed E-state index contributed by atoms with van der Waals surface area (Å²) in [5.74, 6) is 0. The van der Waals surface area contributed by atoms with Gasteiger partial charge >= 0.3 is 80.8 Å². The first-order valence-corrected chi connectivity index (χ1v) is 6.87. The van der Waals surface area contributed by atoms with Gasteiger partial charge < -0.3 is 0 Å². The van der Waals surface area contributed by atoms with Gasteiger partial charge in [0.05, 0.1) is 0 Å². The summed E-state index contributed by atoms with van der Waals surface area (Å²) in [5.41, 5.74) is 0. The summed E-state index contributed by atoms with van der Waals surface area (Å²) in [5, 5.41) is 0. The second-order valence-corrected chi connectivity index (χ2v) is 6.58. The molecule has 66 valence electrons. The van der Waals surface area contributed by atoms with Crippen LogP contribution >= 0.6 is 15.9 Å². The van der Waals surface area contributed by atoms with Crippen LogP contribution in [0.2, 0.25) is 0 Å².